The van der Waals surface area contributed by atoms with Crippen LogP contribution in [0.15, 0.2) is 48.5 Å². The number of halogens is 1. The lowest BCUT2D eigenvalue weighted by Gasteiger charge is -2.37. The number of hydrogen-bond donors (Lipinski definition) is 1. The molecule has 0 saturated carbocycles. The minimum absolute atomic E-state index is 0.711. The summed E-state index contributed by atoms with van der Waals surface area (Å²) in [5.74, 6) is 0. The maximum Gasteiger partial charge on any atom is 0.174 e. The van der Waals surface area contributed by atoms with Crippen LogP contribution in [-0.2, 0) is 6.54 Å². The Hall–Kier alpha value is -1.62. The third kappa shape index (κ3) is 4.69. The summed E-state index contributed by atoms with van der Waals surface area (Å²) in [6.07, 6.45) is 1.11. The van der Waals surface area contributed by atoms with Crippen LogP contribution < -0.4 is 5.32 Å². The Kier molecular flexibility index (Phi) is 5.72. The number of benzene rings is 2. The molecule has 5 heteroatoms. The number of nitrogens with zero attached hydrogens (tertiary/aromatic N) is 2. The van der Waals surface area contributed by atoms with Gasteiger partial charge in [0.1, 0.15) is 0 Å². The first kappa shape index (κ1) is 17.2. The summed E-state index contributed by atoms with van der Waals surface area (Å²) < 4.78 is 0. The van der Waals surface area contributed by atoms with Gasteiger partial charge in [-0.2, -0.15) is 0 Å². The lowest BCUT2D eigenvalue weighted by Crippen LogP contribution is -2.48. The minimum Gasteiger partial charge on any atom is -0.336 e. The molecule has 0 bridgehead atoms. The van der Waals surface area contributed by atoms with E-state index in [0.717, 1.165) is 43.5 Å². The zero-order valence-corrected chi connectivity index (χ0v) is 15.4. The van der Waals surface area contributed by atoms with Gasteiger partial charge in [-0.1, -0.05) is 47.5 Å². The molecule has 1 fully saturated rings. The smallest absolute Gasteiger partial charge is 0.174 e. The zero-order valence-electron chi connectivity index (χ0n) is 13.8. The van der Waals surface area contributed by atoms with E-state index in [0.29, 0.717) is 5.02 Å². The standard InChI is InChI=1S/C19H22ClN3S/c1-15-5-2-6-16(11-15)13-22-9-4-10-23(14-22)19(24)21-18-8-3-7-17(20)12-18/h2-3,5-8,11-12H,4,9-10,13-14H2,1H3,(H,21,24). The molecule has 1 saturated heterocycles. The summed E-state index contributed by atoms with van der Waals surface area (Å²) in [6.45, 7) is 6.02. The molecule has 0 atom stereocenters. The van der Waals surface area contributed by atoms with Gasteiger partial charge in [0.25, 0.3) is 0 Å². The van der Waals surface area contributed by atoms with E-state index in [2.05, 4.69) is 46.3 Å². The van der Waals surface area contributed by atoms with Crippen LogP contribution in [0.25, 0.3) is 0 Å². The number of thiocarbonyl (C=S) groups is 1. The Morgan fingerprint density at radius 1 is 1.17 bits per heavy atom. The SMILES string of the molecule is Cc1cccc(CN2CCCN(C(=S)Nc3cccc(Cl)c3)C2)c1. The van der Waals surface area contributed by atoms with Crippen LogP contribution in [0.3, 0.4) is 0 Å². The van der Waals surface area contributed by atoms with Gasteiger partial charge in [0, 0.05) is 30.3 Å². The molecule has 2 aromatic carbocycles. The molecular weight excluding hydrogens is 338 g/mol. The molecule has 2 aromatic rings. The van der Waals surface area contributed by atoms with Crippen molar-refractivity contribution in [1.29, 1.82) is 0 Å². The van der Waals surface area contributed by atoms with Crippen molar-refractivity contribution in [3.05, 3.63) is 64.7 Å². The van der Waals surface area contributed by atoms with E-state index >= 15 is 0 Å². The third-order valence-electron chi connectivity index (χ3n) is 4.12. The molecule has 3 rings (SSSR count). The van der Waals surface area contributed by atoms with Crippen LogP contribution in [-0.4, -0.2) is 34.7 Å². The molecule has 126 valence electrons. The van der Waals surface area contributed by atoms with Crippen LogP contribution in [0.5, 0.6) is 0 Å². The maximum absolute atomic E-state index is 6.04. The molecule has 0 radical (unpaired) electrons. The fraction of sp³-hybridized carbons (Fsp3) is 0.316. The Morgan fingerprint density at radius 2 is 2.00 bits per heavy atom. The van der Waals surface area contributed by atoms with Gasteiger partial charge in [-0.3, -0.25) is 4.90 Å². The van der Waals surface area contributed by atoms with Crippen molar-refractivity contribution in [2.24, 2.45) is 0 Å². The molecule has 0 spiro atoms. The van der Waals surface area contributed by atoms with Crippen LogP contribution >= 0.6 is 23.8 Å². The van der Waals surface area contributed by atoms with E-state index in [1.807, 2.05) is 24.3 Å². The van der Waals surface area contributed by atoms with Crippen molar-refractivity contribution in [3.63, 3.8) is 0 Å². The summed E-state index contributed by atoms with van der Waals surface area (Å²) in [7, 11) is 0. The summed E-state index contributed by atoms with van der Waals surface area (Å²) in [5.41, 5.74) is 3.59. The van der Waals surface area contributed by atoms with Crippen LogP contribution in [0, 0.1) is 6.92 Å². The van der Waals surface area contributed by atoms with Crippen molar-refractivity contribution in [3.8, 4) is 0 Å². The molecule has 0 aromatic heterocycles. The van der Waals surface area contributed by atoms with Crippen molar-refractivity contribution in [1.82, 2.24) is 9.80 Å². The topological polar surface area (TPSA) is 18.5 Å². The normalized spacial score (nSPS) is 15.3. The molecule has 24 heavy (non-hydrogen) atoms. The van der Waals surface area contributed by atoms with Crippen molar-refractivity contribution in [2.45, 2.75) is 19.9 Å². The maximum atomic E-state index is 6.04. The van der Waals surface area contributed by atoms with Crippen molar-refractivity contribution >= 4 is 34.6 Å². The van der Waals surface area contributed by atoms with E-state index in [4.69, 9.17) is 23.8 Å². The lowest BCUT2D eigenvalue weighted by atomic mass is 10.1. The Bertz CT molecular complexity index is 719. The van der Waals surface area contributed by atoms with E-state index in [1.54, 1.807) is 0 Å². The van der Waals surface area contributed by atoms with Gasteiger partial charge in [0.05, 0.1) is 6.67 Å². The molecule has 1 aliphatic rings. The predicted molar refractivity (Wildman–Crippen MR) is 105 cm³/mol. The van der Waals surface area contributed by atoms with Crippen LogP contribution in [0.4, 0.5) is 5.69 Å². The van der Waals surface area contributed by atoms with E-state index < -0.39 is 0 Å². The fourth-order valence-electron chi connectivity index (χ4n) is 3.00. The Labute approximate surface area is 154 Å². The number of rotatable bonds is 3. The van der Waals surface area contributed by atoms with Gasteiger partial charge in [-0.15, -0.1) is 0 Å². The second kappa shape index (κ2) is 7.97. The quantitative estimate of drug-likeness (QED) is 0.812. The zero-order chi connectivity index (χ0) is 16.9. The predicted octanol–water partition coefficient (Wildman–Crippen LogP) is 4.51. The number of aryl methyl sites for hydroxylation is 1. The van der Waals surface area contributed by atoms with Gasteiger partial charge >= 0.3 is 0 Å². The highest BCUT2D eigenvalue weighted by atomic mass is 35.5. The highest BCUT2D eigenvalue weighted by Gasteiger charge is 2.19. The minimum atomic E-state index is 0.711. The van der Waals surface area contributed by atoms with Crippen molar-refractivity contribution in [2.75, 3.05) is 25.1 Å². The van der Waals surface area contributed by atoms with Gasteiger partial charge in [0.2, 0.25) is 0 Å². The summed E-state index contributed by atoms with van der Waals surface area (Å²) >= 11 is 11.6. The van der Waals surface area contributed by atoms with Gasteiger partial charge in [-0.25, -0.2) is 0 Å². The largest absolute Gasteiger partial charge is 0.336 e. The molecule has 0 amide bonds. The molecular formula is C19H22ClN3S. The van der Waals surface area contributed by atoms with Gasteiger partial charge in [0.15, 0.2) is 5.11 Å². The number of nitrogens with one attached hydrogen (secondary N) is 1. The van der Waals surface area contributed by atoms with Crippen LogP contribution in [0.2, 0.25) is 5.02 Å². The second-order valence-corrected chi connectivity index (χ2v) is 7.06. The van der Waals surface area contributed by atoms with E-state index in [9.17, 15) is 0 Å². The van der Waals surface area contributed by atoms with Crippen molar-refractivity contribution < 1.29 is 0 Å². The van der Waals surface area contributed by atoms with E-state index in [-0.39, 0.29) is 0 Å². The van der Waals surface area contributed by atoms with E-state index in [1.165, 1.54) is 11.1 Å². The first-order valence-corrected chi connectivity index (χ1v) is 8.98. The number of hydrogen-bond acceptors (Lipinski definition) is 2. The highest BCUT2D eigenvalue weighted by Crippen LogP contribution is 2.17. The molecule has 0 aliphatic carbocycles. The Morgan fingerprint density at radius 3 is 2.79 bits per heavy atom. The second-order valence-electron chi connectivity index (χ2n) is 6.24. The molecule has 1 N–H and O–H groups in total. The van der Waals surface area contributed by atoms with Gasteiger partial charge in [-0.05, 0) is 49.3 Å². The molecule has 1 aliphatic heterocycles. The monoisotopic (exact) mass is 359 g/mol. The summed E-state index contributed by atoms with van der Waals surface area (Å²) in [4.78, 5) is 4.65. The molecule has 1 heterocycles. The summed E-state index contributed by atoms with van der Waals surface area (Å²) in [6, 6.07) is 16.4. The average molecular weight is 360 g/mol. The molecule has 3 nitrogen and oxygen atoms in total. The first-order chi connectivity index (χ1) is 11.6. The van der Waals surface area contributed by atoms with Crippen LogP contribution in [0.1, 0.15) is 17.5 Å². The fourth-order valence-corrected chi connectivity index (χ4v) is 3.46. The highest BCUT2D eigenvalue weighted by molar-refractivity contribution is 7.80. The molecule has 0 unspecified atom stereocenters. The first-order valence-electron chi connectivity index (χ1n) is 8.19. The third-order valence-corrected chi connectivity index (χ3v) is 4.72. The van der Waals surface area contributed by atoms with Gasteiger partial charge < -0.3 is 10.2 Å². The Balaban J connectivity index is 1.59. The lowest BCUT2D eigenvalue weighted by molar-refractivity contribution is 0.134. The average Bonchev–Trinajstić information content (AvgIpc) is 2.55. The summed E-state index contributed by atoms with van der Waals surface area (Å²) in [5, 5.41) is 4.76. The number of anilines is 1.